The summed E-state index contributed by atoms with van der Waals surface area (Å²) in [6.07, 6.45) is 0.615. The van der Waals surface area contributed by atoms with Crippen LogP contribution in [0.4, 0.5) is 10.1 Å². The van der Waals surface area contributed by atoms with Crippen molar-refractivity contribution in [3.05, 3.63) is 53.3 Å². The van der Waals surface area contributed by atoms with Crippen LogP contribution in [-0.4, -0.2) is 61.5 Å². The Kier molecular flexibility index (Phi) is 6.86. The van der Waals surface area contributed by atoms with Gasteiger partial charge in [0, 0.05) is 36.2 Å². The van der Waals surface area contributed by atoms with Gasteiger partial charge in [-0.2, -0.15) is 0 Å². The van der Waals surface area contributed by atoms with Crippen molar-refractivity contribution in [2.24, 2.45) is 0 Å². The van der Waals surface area contributed by atoms with Crippen molar-refractivity contribution in [2.75, 3.05) is 37.0 Å². The first kappa shape index (κ1) is 26.1. The Morgan fingerprint density at radius 2 is 1.81 bits per heavy atom. The number of sulfonamides is 2. The molecule has 2 aromatic carbocycles. The van der Waals surface area contributed by atoms with Crippen LogP contribution in [0.1, 0.15) is 28.9 Å². The van der Waals surface area contributed by atoms with E-state index in [0.29, 0.717) is 22.2 Å². The molecule has 36 heavy (non-hydrogen) atoms. The minimum absolute atomic E-state index is 0.127. The number of anilines is 1. The Morgan fingerprint density at radius 1 is 1.14 bits per heavy atom. The fourth-order valence-electron chi connectivity index (χ4n) is 4.20. The van der Waals surface area contributed by atoms with Crippen LogP contribution in [0.25, 0.3) is 22.3 Å². The lowest BCUT2D eigenvalue weighted by molar-refractivity contribution is 0.0101. The van der Waals surface area contributed by atoms with Gasteiger partial charge in [-0.1, -0.05) is 0 Å². The summed E-state index contributed by atoms with van der Waals surface area (Å²) in [5.74, 6) is -0.678. The summed E-state index contributed by atoms with van der Waals surface area (Å²) in [7, 11) is -5.87. The van der Waals surface area contributed by atoms with E-state index in [9.17, 15) is 26.0 Å². The number of fused-ring (bicyclic) bond motifs is 2. The number of nitrogens with zero attached hydrogens (tertiary/aromatic N) is 1. The summed E-state index contributed by atoms with van der Waals surface area (Å²) < 4.78 is 77.8. The summed E-state index contributed by atoms with van der Waals surface area (Å²) in [6.45, 7) is 1.44. The summed E-state index contributed by atoms with van der Waals surface area (Å²) in [5.41, 5.74) is 1.70. The van der Waals surface area contributed by atoms with Crippen molar-refractivity contribution >= 4 is 42.6 Å². The molecule has 3 aromatic rings. The average molecular weight is 540 g/mol. The highest BCUT2D eigenvalue weighted by Crippen LogP contribution is 2.42. The van der Waals surface area contributed by atoms with Crippen LogP contribution in [0.3, 0.4) is 0 Å². The molecule has 1 aromatic heterocycles. The van der Waals surface area contributed by atoms with Crippen LogP contribution in [0, 0.1) is 5.82 Å². The number of ether oxygens (including phenoxy) is 1. The fourth-order valence-corrected chi connectivity index (χ4v) is 5.65. The number of halogens is 1. The van der Waals surface area contributed by atoms with Gasteiger partial charge in [0.1, 0.15) is 17.2 Å². The van der Waals surface area contributed by atoms with Gasteiger partial charge in [-0.3, -0.25) is 9.10 Å². The number of rotatable bonds is 6. The second-order valence-electron chi connectivity index (χ2n) is 8.61. The number of hydrogen-bond acceptors (Lipinski definition) is 7. The van der Waals surface area contributed by atoms with Crippen molar-refractivity contribution < 1.29 is 35.2 Å². The van der Waals surface area contributed by atoms with E-state index in [1.165, 1.54) is 37.4 Å². The average Bonchev–Trinajstić information content (AvgIpc) is 3.09. The molecule has 2 atom stereocenters. The van der Waals surface area contributed by atoms with Gasteiger partial charge < -0.3 is 14.5 Å². The molecule has 1 aliphatic rings. The van der Waals surface area contributed by atoms with Crippen LogP contribution in [0.5, 0.6) is 0 Å². The zero-order valence-corrected chi connectivity index (χ0v) is 21.7. The fraction of sp³-hybridized carbons (Fsp3) is 0.348. The van der Waals surface area contributed by atoms with Crippen LogP contribution >= 0.6 is 0 Å². The maximum absolute atomic E-state index is 13.5. The molecule has 0 saturated heterocycles. The number of amides is 1. The number of carbonyl (C=O) groups is 1. The Bertz CT molecular complexity index is 1530. The predicted octanol–water partition coefficient (Wildman–Crippen LogP) is 2.37. The van der Waals surface area contributed by atoms with Crippen LogP contribution < -0.4 is 14.3 Å². The highest BCUT2D eigenvalue weighted by molar-refractivity contribution is 7.92. The lowest BCUT2D eigenvalue weighted by Crippen LogP contribution is -2.42. The van der Waals surface area contributed by atoms with Crippen molar-refractivity contribution in [3.8, 4) is 11.3 Å². The number of benzene rings is 2. The first-order chi connectivity index (χ1) is 16.8. The predicted molar refractivity (Wildman–Crippen MR) is 133 cm³/mol. The largest absolute Gasteiger partial charge is 0.455 e. The van der Waals surface area contributed by atoms with Gasteiger partial charge in [-0.25, -0.2) is 25.9 Å². The Balaban J connectivity index is 1.91. The molecule has 0 radical (unpaired) electrons. The van der Waals surface area contributed by atoms with Crippen LogP contribution in [0.2, 0.25) is 0 Å². The van der Waals surface area contributed by atoms with E-state index in [1.807, 2.05) is 0 Å². The maximum atomic E-state index is 13.5. The molecule has 10 nitrogen and oxygen atoms in total. The summed E-state index contributed by atoms with van der Waals surface area (Å²) >= 11 is 0. The summed E-state index contributed by atoms with van der Waals surface area (Å²) in [4.78, 5) is 12.9. The number of hydrogen-bond donors (Lipinski definition) is 2. The van der Waals surface area contributed by atoms with Crippen molar-refractivity contribution in [2.45, 2.75) is 19.1 Å². The molecule has 1 aliphatic heterocycles. The zero-order valence-electron chi connectivity index (χ0n) is 20.0. The zero-order chi connectivity index (χ0) is 26.4. The molecule has 0 bridgehead atoms. The minimum Gasteiger partial charge on any atom is -0.455 e. The molecule has 194 valence electrons. The highest BCUT2D eigenvalue weighted by Gasteiger charge is 2.34. The van der Waals surface area contributed by atoms with Crippen LogP contribution in [0.15, 0.2) is 40.8 Å². The molecule has 1 amide bonds. The highest BCUT2D eigenvalue weighted by atomic mass is 32.2. The van der Waals surface area contributed by atoms with Crippen LogP contribution in [-0.2, 0) is 24.8 Å². The molecule has 0 spiro atoms. The van der Waals surface area contributed by atoms with Gasteiger partial charge in [0.25, 0.3) is 5.91 Å². The third-order valence-corrected chi connectivity index (χ3v) is 7.68. The van der Waals surface area contributed by atoms with Gasteiger partial charge in [0.15, 0.2) is 0 Å². The first-order valence-electron chi connectivity index (χ1n) is 10.9. The van der Waals surface area contributed by atoms with Crippen molar-refractivity contribution in [1.29, 1.82) is 0 Å². The Hall–Kier alpha value is -3.00. The molecule has 2 unspecified atom stereocenters. The van der Waals surface area contributed by atoms with E-state index in [-0.39, 0.29) is 30.0 Å². The molecule has 0 aliphatic carbocycles. The van der Waals surface area contributed by atoms with E-state index in [2.05, 4.69) is 10.0 Å². The third-order valence-electron chi connectivity index (χ3n) is 5.84. The number of furan rings is 1. The molecule has 2 N–H and O–H groups in total. The summed E-state index contributed by atoms with van der Waals surface area (Å²) in [5, 5.41) is 3.00. The van der Waals surface area contributed by atoms with Gasteiger partial charge in [0.2, 0.25) is 20.0 Å². The molecule has 0 fully saturated rings. The topological polar surface area (TPSA) is 135 Å². The Morgan fingerprint density at radius 3 is 2.39 bits per heavy atom. The second kappa shape index (κ2) is 9.47. The van der Waals surface area contributed by atoms with E-state index in [4.69, 9.17) is 9.15 Å². The normalized spacial score (nSPS) is 18.6. The summed E-state index contributed by atoms with van der Waals surface area (Å²) in [6, 6.07) is 8.63. The third kappa shape index (κ3) is 5.24. The second-order valence-corrected chi connectivity index (χ2v) is 12.4. The standard InChI is InChI=1S/C23H26FN3O7S2/c1-13-17-9-18-20(34-22(21(18)23(28)25-2)14-5-7-15(24)8-6-14)10-19(17)27(36(4,31)32)12-16(33-13)11-26-35(3,29)30/h5-10,13,16,26H,11-12H2,1-4H3,(H,25,28). The lowest BCUT2D eigenvalue weighted by Gasteiger charge is -2.24. The van der Waals surface area contributed by atoms with E-state index in [0.717, 1.165) is 16.8 Å². The van der Waals surface area contributed by atoms with E-state index >= 15 is 0 Å². The lowest BCUT2D eigenvalue weighted by atomic mass is 10.0. The quantitative estimate of drug-likeness (QED) is 0.491. The first-order valence-corrected chi connectivity index (χ1v) is 14.7. The molecular weight excluding hydrogens is 513 g/mol. The SMILES string of the molecule is CNC(=O)c1c(-c2ccc(F)cc2)oc2cc3c(cc12)C(C)OC(CNS(C)(=O)=O)CN3S(C)(=O)=O. The molecule has 2 heterocycles. The number of nitrogens with one attached hydrogen (secondary N) is 2. The van der Waals surface area contributed by atoms with E-state index in [1.54, 1.807) is 13.0 Å². The van der Waals surface area contributed by atoms with Gasteiger partial charge in [0.05, 0.1) is 42.5 Å². The maximum Gasteiger partial charge on any atom is 0.255 e. The van der Waals surface area contributed by atoms with Gasteiger partial charge in [-0.15, -0.1) is 0 Å². The smallest absolute Gasteiger partial charge is 0.255 e. The molecule has 0 saturated carbocycles. The van der Waals surface area contributed by atoms with Crippen molar-refractivity contribution in [3.63, 3.8) is 0 Å². The van der Waals surface area contributed by atoms with Crippen molar-refractivity contribution in [1.82, 2.24) is 10.0 Å². The Labute approximate surface area is 208 Å². The van der Waals surface area contributed by atoms with Gasteiger partial charge in [-0.05, 0) is 37.3 Å². The molecule has 4 rings (SSSR count). The monoisotopic (exact) mass is 539 g/mol. The minimum atomic E-state index is -3.81. The number of carbonyl (C=O) groups excluding carboxylic acids is 1. The molecular formula is C23H26FN3O7S2. The van der Waals surface area contributed by atoms with Gasteiger partial charge >= 0.3 is 0 Å². The molecule has 13 heteroatoms. The van der Waals surface area contributed by atoms with E-state index < -0.39 is 44.0 Å².